The van der Waals surface area contributed by atoms with Crippen LogP contribution in [0.2, 0.25) is 0 Å². The van der Waals surface area contributed by atoms with Crippen molar-refractivity contribution >= 4 is 23.4 Å². The Bertz CT molecular complexity index is 6.85. The van der Waals surface area contributed by atoms with Gasteiger partial charge in [0.25, 0.3) is 0 Å². The molecule has 0 heterocycles. The molecule has 0 aromatic rings. The first-order valence-corrected chi connectivity index (χ1v) is 3.58. The van der Waals surface area contributed by atoms with E-state index in [9.17, 15) is 0 Å². The number of alkyl halides is 1. The topological polar surface area (TPSA) is 0 Å². The SMILES string of the molecule is CCl.CSC. The second-order valence-corrected chi connectivity index (χ2v) is 1.22. The zero-order valence-electron chi connectivity index (χ0n) is 3.79. The summed E-state index contributed by atoms with van der Waals surface area (Å²) in [6.07, 6.45) is 5.56. The molecule has 0 saturated heterocycles. The highest BCUT2D eigenvalue weighted by Crippen LogP contribution is 1.70. The van der Waals surface area contributed by atoms with E-state index in [4.69, 9.17) is 0 Å². The largest absolute Gasteiger partial charge is 0.169 e. The Hall–Kier alpha value is 0.640. The molecule has 0 bridgehead atoms. The fourth-order valence-electron chi connectivity index (χ4n) is 0. The van der Waals surface area contributed by atoms with E-state index in [-0.39, 0.29) is 0 Å². The van der Waals surface area contributed by atoms with Crippen molar-refractivity contribution < 1.29 is 0 Å². The first kappa shape index (κ1) is 9.16. The molecule has 0 radical (unpaired) electrons. The average molecular weight is 113 g/mol. The molecule has 0 atom stereocenters. The van der Waals surface area contributed by atoms with E-state index >= 15 is 0 Å². The van der Waals surface area contributed by atoms with Gasteiger partial charge in [-0.3, -0.25) is 0 Å². The quantitative estimate of drug-likeness (QED) is 0.431. The fourth-order valence-corrected chi connectivity index (χ4v) is 0. The van der Waals surface area contributed by atoms with Gasteiger partial charge in [0.15, 0.2) is 0 Å². The Balaban J connectivity index is 0. The first-order chi connectivity index (χ1) is 2.41. The van der Waals surface area contributed by atoms with E-state index in [1.54, 1.807) is 11.8 Å². The van der Waals surface area contributed by atoms with E-state index < -0.39 is 0 Å². The molecule has 0 aromatic heterocycles. The fraction of sp³-hybridized carbons (Fsp3) is 1.00. The highest BCUT2D eigenvalue weighted by molar-refractivity contribution is 7.97. The van der Waals surface area contributed by atoms with E-state index in [0.717, 1.165) is 0 Å². The van der Waals surface area contributed by atoms with Crippen LogP contribution in [-0.4, -0.2) is 18.9 Å². The summed E-state index contributed by atoms with van der Waals surface area (Å²) in [4.78, 5) is 0. The average Bonchev–Trinajstić information content (AvgIpc) is 1.46. The summed E-state index contributed by atoms with van der Waals surface area (Å²) in [6.45, 7) is 0. The van der Waals surface area contributed by atoms with Crippen molar-refractivity contribution in [2.45, 2.75) is 0 Å². The number of halogens is 1. The van der Waals surface area contributed by atoms with Gasteiger partial charge in [0, 0.05) is 6.38 Å². The van der Waals surface area contributed by atoms with Crippen LogP contribution in [0.3, 0.4) is 0 Å². The van der Waals surface area contributed by atoms with Crippen LogP contribution in [0.15, 0.2) is 0 Å². The number of hydrogen-bond donors (Lipinski definition) is 0. The molecule has 0 aliphatic carbocycles. The van der Waals surface area contributed by atoms with Crippen LogP contribution in [0.4, 0.5) is 0 Å². The highest BCUT2D eigenvalue weighted by Gasteiger charge is 1.32. The number of thioether (sulfide) groups is 1. The third kappa shape index (κ3) is 79.0. The second kappa shape index (κ2) is 22.9. The summed E-state index contributed by atoms with van der Waals surface area (Å²) in [7, 11) is 0. The predicted molar refractivity (Wildman–Crippen MR) is 31.2 cm³/mol. The number of rotatable bonds is 0. The Morgan fingerprint density at radius 3 is 1.20 bits per heavy atom. The van der Waals surface area contributed by atoms with Gasteiger partial charge in [0.1, 0.15) is 0 Å². The highest BCUT2D eigenvalue weighted by atomic mass is 35.5. The van der Waals surface area contributed by atoms with Crippen molar-refractivity contribution in [3.05, 3.63) is 0 Å². The molecule has 0 saturated carbocycles. The van der Waals surface area contributed by atoms with Gasteiger partial charge in [-0.15, -0.1) is 11.6 Å². The van der Waals surface area contributed by atoms with Crippen LogP contribution in [0.1, 0.15) is 0 Å². The summed E-state index contributed by atoms with van der Waals surface area (Å²) < 4.78 is 0. The molecule has 2 heteroatoms. The molecule has 0 rings (SSSR count). The second-order valence-electron chi connectivity index (χ2n) is 0.408. The smallest absolute Gasteiger partial charge is 0.0108 e. The lowest BCUT2D eigenvalue weighted by atomic mass is 11.9. The molecular weight excluding hydrogens is 104 g/mol. The van der Waals surface area contributed by atoms with Gasteiger partial charge in [-0.25, -0.2) is 0 Å². The maximum atomic E-state index is 4.64. The monoisotopic (exact) mass is 112 g/mol. The van der Waals surface area contributed by atoms with Crippen molar-refractivity contribution in [1.29, 1.82) is 0 Å². The Morgan fingerprint density at radius 1 is 1.20 bits per heavy atom. The minimum absolute atomic E-state index is 1.47. The Morgan fingerprint density at radius 2 is 1.20 bits per heavy atom. The summed E-state index contributed by atoms with van der Waals surface area (Å²) in [5.74, 6) is 0. The Kier molecular flexibility index (Phi) is 41.9. The molecule has 0 aliphatic heterocycles. The van der Waals surface area contributed by atoms with E-state index in [0.29, 0.717) is 0 Å². The summed E-state index contributed by atoms with van der Waals surface area (Å²) >= 11 is 6.39. The van der Waals surface area contributed by atoms with Crippen molar-refractivity contribution in [3.8, 4) is 0 Å². The van der Waals surface area contributed by atoms with Crippen LogP contribution in [-0.2, 0) is 0 Å². The lowest BCUT2D eigenvalue weighted by Crippen LogP contribution is -1.25. The standard InChI is InChI=1S/C2H6S.CH3Cl/c1-3-2;1-2/h1-2H3;1H3. The molecule has 0 spiro atoms. The summed E-state index contributed by atoms with van der Waals surface area (Å²) in [5.41, 5.74) is 0. The van der Waals surface area contributed by atoms with Crippen molar-refractivity contribution in [1.82, 2.24) is 0 Å². The summed E-state index contributed by atoms with van der Waals surface area (Å²) in [5, 5.41) is 0. The molecule has 0 amide bonds. The van der Waals surface area contributed by atoms with Crippen molar-refractivity contribution in [2.24, 2.45) is 0 Å². The lowest BCUT2D eigenvalue weighted by molar-refractivity contribution is 2.37. The van der Waals surface area contributed by atoms with Gasteiger partial charge < -0.3 is 0 Å². The van der Waals surface area contributed by atoms with Gasteiger partial charge in [-0.1, -0.05) is 0 Å². The molecule has 5 heavy (non-hydrogen) atoms. The molecule has 0 unspecified atom stereocenters. The molecule has 0 nitrogen and oxygen atoms in total. The normalized spacial score (nSPS) is 4.80. The zero-order chi connectivity index (χ0) is 4.71. The van der Waals surface area contributed by atoms with Crippen LogP contribution < -0.4 is 0 Å². The van der Waals surface area contributed by atoms with Crippen LogP contribution in [0.5, 0.6) is 0 Å². The maximum Gasteiger partial charge on any atom is 0.0108 e. The van der Waals surface area contributed by atoms with Gasteiger partial charge in [-0.2, -0.15) is 11.8 Å². The van der Waals surface area contributed by atoms with Gasteiger partial charge in [0.05, 0.1) is 0 Å². The van der Waals surface area contributed by atoms with E-state index in [1.165, 1.54) is 6.38 Å². The van der Waals surface area contributed by atoms with Crippen LogP contribution >= 0.6 is 23.4 Å². The molecule has 0 aromatic carbocycles. The van der Waals surface area contributed by atoms with E-state index in [1.807, 2.05) is 12.5 Å². The zero-order valence-corrected chi connectivity index (χ0v) is 5.36. The minimum Gasteiger partial charge on any atom is -0.169 e. The lowest BCUT2D eigenvalue weighted by Gasteiger charge is -1.51. The Labute approximate surface area is 42.9 Å². The van der Waals surface area contributed by atoms with Gasteiger partial charge in [-0.05, 0) is 12.5 Å². The summed E-state index contributed by atoms with van der Waals surface area (Å²) in [6, 6.07) is 0. The van der Waals surface area contributed by atoms with E-state index in [2.05, 4.69) is 11.6 Å². The molecular formula is C3H9ClS. The van der Waals surface area contributed by atoms with Crippen molar-refractivity contribution in [3.63, 3.8) is 0 Å². The van der Waals surface area contributed by atoms with Gasteiger partial charge in [0.2, 0.25) is 0 Å². The molecule has 0 aliphatic rings. The molecule has 34 valence electrons. The van der Waals surface area contributed by atoms with Gasteiger partial charge >= 0.3 is 0 Å². The predicted octanol–water partition coefficient (Wildman–Crippen LogP) is 1.83. The number of hydrogen-bond acceptors (Lipinski definition) is 1. The first-order valence-electron chi connectivity index (χ1n) is 1.19. The minimum atomic E-state index is 1.47. The molecule has 0 fully saturated rings. The molecule has 0 N–H and O–H groups in total. The van der Waals surface area contributed by atoms with Crippen LogP contribution in [0, 0.1) is 0 Å². The van der Waals surface area contributed by atoms with Crippen molar-refractivity contribution in [2.75, 3.05) is 18.9 Å². The third-order valence-electron chi connectivity index (χ3n) is 0. The maximum absolute atomic E-state index is 4.64. The third-order valence-corrected chi connectivity index (χ3v) is 0. The van der Waals surface area contributed by atoms with Crippen LogP contribution in [0.25, 0.3) is 0 Å².